The van der Waals surface area contributed by atoms with E-state index >= 15 is 0 Å². The van der Waals surface area contributed by atoms with E-state index in [0.717, 1.165) is 6.42 Å². The summed E-state index contributed by atoms with van der Waals surface area (Å²) in [5.74, 6) is 0.927. The third-order valence-corrected chi connectivity index (χ3v) is 2.68. The topological polar surface area (TPSA) is 0 Å². The predicted octanol–water partition coefficient (Wildman–Crippen LogP) is 3.39. The highest BCUT2D eigenvalue weighted by Gasteiger charge is 2.34. The minimum Gasteiger partial charge on any atom is -0.102 e. The van der Waals surface area contributed by atoms with E-state index in [0.29, 0.717) is 11.8 Å². The summed E-state index contributed by atoms with van der Waals surface area (Å²) in [5, 5.41) is 0. The molecular formula is C8H12Cl2. The van der Waals surface area contributed by atoms with Gasteiger partial charge < -0.3 is 0 Å². The zero-order valence-corrected chi connectivity index (χ0v) is 7.78. The van der Waals surface area contributed by atoms with E-state index in [1.54, 1.807) is 0 Å². The summed E-state index contributed by atoms with van der Waals surface area (Å²) in [6.07, 6.45) is 5.34. The Morgan fingerprint density at radius 2 is 2.10 bits per heavy atom. The van der Waals surface area contributed by atoms with E-state index in [9.17, 15) is 0 Å². The Morgan fingerprint density at radius 3 is 2.30 bits per heavy atom. The van der Waals surface area contributed by atoms with Crippen molar-refractivity contribution in [1.82, 2.24) is 0 Å². The lowest BCUT2D eigenvalue weighted by molar-refractivity contribution is 0.417. The SMILES string of the molecule is CC1C=CCC1C(C)(Cl)Cl. The molecule has 0 heterocycles. The van der Waals surface area contributed by atoms with Crippen LogP contribution in [0.3, 0.4) is 0 Å². The molecule has 2 atom stereocenters. The van der Waals surface area contributed by atoms with Gasteiger partial charge in [0.05, 0.1) is 0 Å². The van der Waals surface area contributed by atoms with Crippen molar-refractivity contribution in [1.29, 1.82) is 0 Å². The van der Waals surface area contributed by atoms with Crippen LogP contribution in [0.1, 0.15) is 20.3 Å². The van der Waals surface area contributed by atoms with Gasteiger partial charge in [0.25, 0.3) is 0 Å². The summed E-state index contributed by atoms with van der Waals surface area (Å²) in [5.41, 5.74) is 0. The molecule has 2 heteroatoms. The molecule has 0 fully saturated rings. The third-order valence-electron chi connectivity index (χ3n) is 2.12. The van der Waals surface area contributed by atoms with Gasteiger partial charge in [-0.25, -0.2) is 0 Å². The first kappa shape index (κ1) is 8.42. The van der Waals surface area contributed by atoms with Crippen LogP contribution < -0.4 is 0 Å². The third kappa shape index (κ3) is 1.67. The second-order valence-corrected chi connectivity index (χ2v) is 4.85. The van der Waals surface area contributed by atoms with E-state index in [1.807, 2.05) is 6.92 Å². The van der Waals surface area contributed by atoms with Crippen LogP contribution in [-0.2, 0) is 0 Å². The fourth-order valence-electron chi connectivity index (χ4n) is 1.46. The predicted molar refractivity (Wildman–Crippen MR) is 46.5 cm³/mol. The first-order valence-electron chi connectivity index (χ1n) is 3.56. The molecule has 1 aliphatic rings. The summed E-state index contributed by atoms with van der Waals surface area (Å²) in [6.45, 7) is 4.02. The van der Waals surface area contributed by atoms with Gasteiger partial charge in [-0.2, -0.15) is 0 Å². The highest BCUT2D eigenvalue weighted by molar-refractivity contribution is 6.48. The molecule has 1 aliphatic carbocycles. The maximum Gasteiger partial charge on any atom is 0.119 e. The van der Waals surface area contributed by atoms with Crippen molar-refractivity contribution in [3.8, 4) is 0 Å². The quantitative estimate of drug-likeness (QED) is 0.427. The summed E-state index contributed by atoms with van der Waals surface area (Å²) < 4.78 is -0.567. The molecule has 0 aromatic carbocycles. The van der Waals surface area contributed by atoms with E-state index in [-0.39, 0.29) is 0 Å². The van der Waals surface area contributed by atoms with Crippen molar-refractivity contribution in [2.45, 2.75) is 24.6 Å². The monoisotopic (exact) mass is 178 g/mol. The summed E-state index contributed by atoms with van der Waals surface area (Å²) in [6, 6.07) is 0. The van der Waals surface area contributed by atoms with Crippen molar-refractivity contribution in [3.05, 3.63) is 12.2 Å². The first-order valence-corrected chi connectivity index (χ1v) is 4.32. The molecule has 2 unspecified atom stereocenters. The molecule has 0 radical (unpaired) electrons. The normalized spacial score (nSPS) is 33.2. The van der Waals surface area contributed by atoms with Gasteiger partial charge in [0.2, 0.25) is 0 Å². The number of alkyl halides is 2. The van der Waals surface area contributed by atoms with Crippen LogP contribution in [0.5, 0.6) is 0 Å². The van der Waals surface area contributed by atoms with E-state index in [1.165, 1.54) is 0 Å². The zero-order chi connectivity index (χ0) is 7.78. The van der Waals surface area contributed by atoms with Gasteiger partial charge in [-0.15, -0.1) is 23.2 Å². The Labute approximate surface area is 72.2 Å². The van der Waals surface area contributed by atoms with Crippen molar-refractivity contribution < 1.29 is 0 Å². The molecule has 0 bridgehead atoms. The highest BCUT2D eigenvalue weighted by Crippen LogP contribution is 2.40. The van der Waals surface area contributed by atoms with E-state index < -0.39 is 4.33 Å². The minimum absolute atomic E-state index is 0.399. The van der Waals surface area contributed by atoms with Gasteiger partial charge in [-0.1, -0.05) is 19.1 Å². The summed E-state index contributed by atoms with van der Waals surface area (Å²) >= 11 is 11.9. The van der Waals surface area contributed by atoms with Crippen LogP contribution in [0.25, 0.3) is 0 Å². The molecular weight excluding hydrogens is 167 g/mol. The Kier molecular flexibility index (Phi) is 2.31. The Balaban J connectivity index is 2.60. The van der Waals surface area contributed by atoms with Gasteiger partial charge in [0, 0.05) is 5.92 Å². The van der Waals surface area contributed by atoms with Crippen molar-refractivity contribution in [2.24, 2.45) is 11.8 Å². The number of allylic oxidation sites excluding steroid dienone is 2. The Hall–Kier alpha value is 0.320. The molecule has 58 valence electrons. The molecule has 0 N–H and O–H groups in total. The lowest BCUT2D eigenvalue weighted by Gasteiger charge is -2.25. The molecule has 0 spiro atoms. The Morgan fingerprint density at radius 1 is 1.50 bits per heavy atom. The van der Waals surface area contributed by atoms with E-state index in [4.69, 9.17) is 23.2 Å². The van der Waals surface area contributed by atoms with Gasteiger partial charge in [0.1, 0.15) is 4.33 Å². The number of halogens is 2. The largest absolute Gasteiger partial charge is 0.119 e. The fourth-order valence-corrected chi connectivity index (χ4v) is 2.03. The maximum atomic E-state index is 5.96. The van der Waals surface area contributed by atoms with Crippen molar-refractivity contribution in [3.63, 3.8) is 0 Å². The van der Waals surface area contributed by atoms with Gasteiger partial charge in [-0.05, 0) is 19.3 Å². The molecule has 0 saturated carbocycles. The molecule has 0 nitrogen and oxygen atoms in total. The number of rotatable bonds is 1. The van der Waals surface area contributed by atoms with Crippen molar-refractivity contribution >= 4 is 23.2 Å². The summed E-state index contributed by atoms with van der Waals surface area (Å²) in [7, 11) is 0. The number of hydrogen-bond donors (Lipinski definition) is 0. The average Bonchev–Trinajstić information content (AvgIpc) is 2.11. The smallest absolute Gasteiger partial charge is 0.102 e. The molecule has 0 aromatic rings. The van der Waals surface area contributed by atoms with Gasteiger partial charge >= 0.3 is 0 Å². The lowest BCUT2D eigenvalue weighted by Crippen LogP contribution is -2.24. The Bertz CT molecular complexity index is 144. The zero-order valence-electron chi connectivity index (χ0n) is 6.27. The van der Waals surface area contributed by atoms with Gasteiger partial charge in [-0.3, -0.25) is 0 Å². The minimum atomic E-state index is -0.567. The molecule has 0 aliphatic heterocycles. The molecule has 0 amide bonds. The van der Waals surface area contributed by atoms with Crippen LogP contribution in [0, 0.1) is 11.8 Å². The van der Waals surface area contributed by atoms with Crippen molar-refractivity contribution in [2.75, 3.05) is 0 Å². The molecule has 0 saturated heterocycles. The standard InChI is InChI=1S/C8H12Cl2/c1-6-4-3-5-7(6)8(2,9)10/h3-4,6-7H,5H2,1-2H3. The molecule has 1 rings (SSSR count). The lowest BCUT2D eigenvalue weighted by atomic mass is 9.94. The second-order valence-electron chi connectivity index (χ2n) is 3.09. The highest BCUT2D eigenvalue weighted by atomic mass is 35.5. The first-order chi connectivity index (χ1) is 4.52. The fraction of sp³-hybridized carbons (Fsp3) is 0.750. The number of hydrogen-bond acceptors (Lipinski definition) is 0. The van der Waals surface area contributed by atoms with Crippen LogP contribution in [-0.4, -0.2) is 4.33 Å². The van der Waals surface area contributed by atoms with Crippen LogP contribution in [0.2, 0.25) is 0 Å². The molecule has 0 aromatic heterocycles. The van der Waals surface area contributed by atoms with Gasteiger partial charge in [0.15, 0.2) is 0 Å². The summed E-state index contributed by atoms with van der Waals surface area (Å²) in [4.78, 5) is 0. The van der Waals surface area contributed by atoms with Crippen LogP contribution >= 0.6 is 23.2 Å². The van der Waals surface area contributed by atoms with Crippen LogP contribution in [0.15, 0.2) is 12.2 Å². The molecule has 10 heavy (non-hydrogen) atoms. The van der Waals surface area contributed by atoms with Crippen LogP contribution in [0.4, 0.5) is 0 Å². The van der Waals surface area contributed by atoms with E-state index in [2.05, 4.69) is 19.1 Å². The maximum absolute atomic E-state index is 5.96. The second kappa shape index (κ2) is 2.75. The average molecular weight is 179 g/mol.